The van der Waals surface area contributed by atoms with Crippen LogP contribution in [0.25, 0.3) is 16.8 Å². The zero-order valence-electron chi connectivity index (χ0n) is 22.0. The maximum atomic E-state index is 13.5. The number of Topliss-reactive ketones (excluding diaryl/α,β-unsaturated/α-hetero) is 1. The van der Waals surface area contributed by atoms with Gasteiger partial charge in [-0.2, -0.15) is 0 Å². The molecule has 1 fully saturated rings. The lowest BCUT2D eigenvalue weighted by atomic mass is 9.95. The Hall–Kier alpha value is -4.59. The first kappa shape index (κ1) is 25.1. The van der Waals surface area contributed by atoms with Gasteiger partial charge in [0, 0.05) is 5.56 Å². The Morgan fingerprint density at radius 1 is 1.00 bits per heavy atom. The monoisotopic (exact) mass is 511 g/mol. The molecule has 0 saturated carbocycles. The number of aliphatic hydroxyl groups is 1. The Bertz CT molecular complexity index is 1560. The number of aromatic amines is 1. The van der Waals surface area contributed by atoms with Crippen LogP contribution in [0.2, 0.25) is 0 Å². The van der Waals surface area contributed by atoms with Crippen LogP contribution in [0.1, 0.15) is 40.8 Å². The van der Waals surface area contributed by atoms with Gasteiger partial charge < -0.3 is 19.6 Å². The third kappa shape index (κ3) is 4.18. The lowest BCUT2D eigenvalue weighted by molar-refractivity contribution is -0.132. The molecule has 1 amide bonds. The number of nitrogens with zero attached hydrogens (tertiary/aromatic N) is 2. The van der Waals surface area contributed by atoms with Gasteiger partial charge in [-0.05, 0) is 92.4 Å². The number of imidazole rings is 1. The third-order valence-electron chi connectivity index (χ3n) is 6.94. The normalized spacial score (nSPS) is 16.9. The second kappa shape index (κ2) is 9.70. The van der Waals surface area contributed by atoms with Crippen molar-refractivity contribution in [2.24, 2.45) is 0 Å². The summed E-state index contributed by atoms with van der Waals surface area (Å²) in [4.78, 5) is 36.2. The minimum absolute atomic E-state index is 0.0171. The molecule has 8 heteroatoms. The number of ether oxygens (including phenoxy) is 2. The van der Waals surface area contributed by atoms with Gasteiger partial charge in [0.2, 0.25) is 5.95 Å². The highest BCUT2D eigenvalue weighted by Crippen LogP contribution is 2.42. The van der Waals surface area contributed by atoms with Crippen LogP contribution in [-0.2, 0) is 9.59 Å². The van der Waals surface area contributed by atoms with E-state index in [0.29, 0.717) is 34.7 Å². The smallest absolute Gasteiger partial charge is 0.302 e. The predicted molar refractivity (Wildman–Crippen MR) is 146 cm³/mol. The Morgan fingerprint density at radius 2 is 1.71 bits per heavy atom. The van der Waals surface area contributed by atoms with Crippen molar-refractivity contribution in [3.8, 4) is 11.5 Å². The van der Waals surface area contributed by atoms with Crippen LogP contribution in [0, 0.1) is 20.8 Å². The first-order valence-electron chi connectivity index (χ1n) is 12.4. The highest BCUT2D eigenvalue weighted by atomic mass is 16.5. The van der Waals surface area contributed by atoms with Gasteiger partial charge in [0.05, 0.1) is 36.4 Å². The number of carbonyl (C=O) groups excluding carboxylic acids is 2. The summed E-state index contributed by atoms with van der Waals surface area (Å²) in [7, 11) is 1.56. The molecule has 1 aliphatic rings. The summed E-state index contributed by atoms with van der Waals surface area (Å²) in [5.41, 5.74) is 5.40. The number of ketones is 1. The number of H-pyrrole nitrogens is 1. The molecule has 1 atom stereocenters. The van der Waals surface area contributed by atoms with Gasteiger partial charge in [-0.25, -0.2) is 4.98 Å². The Morgan fingerprint density at radius 3 is 2.37 bits per heavy atom. The van der Waals surface area contributed by atoms with Gasteiger partial charge in [0.15, 0.2) is 0 Å². The molecular weight excluding hydrogens is 482 g/mol. The molecule has 1 saturated heterocycles. The van der Waals surface area contributed by atoms with Crippen molar-refractivity contribution in [2.45, 2.75) is 33.7 Å². The fraction of sp³-hybridized carbons (Fsp3) is 0.233. The molecule has 194 valence electrons. The number of hydrogen-bond acceptors (Lipinski definition) is 6. The zero-order valence-corrected chi connectivity index (χ0v) is 22.0. The number of nitrogens with one attached hydrogen (secondary N) is 1. The number of aliphatic hydroxyl groups excluding tert-OH is 1. The Kier molecular flexibility index (Phi) is 6.40. The highest BCUT2D eigenvalue weighted by molar-refractivity contribution is 6.51. The molecule has 0 bridgehead atoms. The molecule has 2 N–H and O–H groups in total. The first-order chi connectivity index (χ1) is 18.2. The van der Waals surface area contributed by atoms with Crippen molar-refractivity contribution in [1.82, 2.24) is 9.97 Å². The van der Waals surface area contributed by atoms with Crippen LogP contribution >= 0.6 is 0 Å². The lowest BCUT2D eigenvalue weighted by Crippen LogP contribution is -2.30. The number of hydrogen-bond donors (Lipinski definition) is 2. The molecule has 1 aromatic heterocycles. The second-order valence-corrected chi connectivity index (χ2v) is 9.37. The molecule has 38 heavy (non-hydrogen) atoms. The molecule has 8 nitrogen and oxygen atoms in total. The predicted octanol–water partition coefficient (Wildman–Crippen LogP) is 5.52. The summed E-state index contributed by atoms with van der Waals surface area (Å²) in [5, 5.41) is 11.4. The summed E-state index contributed by atoms with van der Waals surface area (Å²) >= 11 is 0. The summed E-state index contributed by atoms with van der Waals surface area (Å²) in [6.07, 6.45) is 0. The van der Waals surface area contributed by atoms with Crippen LogP contribution in [0.3, 0.4) is 0 Å². The summed E-state index contributed by atoms with van der Waals surface area (Å²) in [5.74, 6) is -0.285. The SMILES string of the molecule is CCOc1ccc(/C(O)=C2\C(=O)C(=O)N(c3nc4cc(C)c(C)cc4[nH]3)C2c2ccc(OC)cc2)cc1C. The number of amides is 1. The number of methoxy groups -OCH3 is 1. The van der Waals surface area contributed by atoms with Gasteiger partial charge >= 0.3 is 5.91 Å². The average molecular weight is 512 g/mol. The Labute approximate surface area is 220 Å². The molecule has 0 aliphatic carbocycles. The van der Waals surface area contributed by atoms with Gasteiger partial charge in [0.1, 0.15) is 17.3 Å². The van der Waals surface area contributed by atoms with Crippen LogP contribution in [0.15, 0.2) is 60.2 Å². The van der Waals surface area contributed by atoms with E-state index in [4.69, 9.17) is 9.47 Å². The summed E-state index contributed by atoms with van der Waals surface area (Å²) in [6.45, 7) is 8.25. The number of anilines is 1. The van der Waals surface area contributed by atoms with Crippen LogP contribution in [0.5, 0.6) is 11.5 Å². The summed E-state index contributed by atoms with van der Waals surface area (Å²) < 4.78 is 10.9. The fourth-order valence-corrected chi connectivity index (χ4v) is 4.79. The maximum Gasteiger partial charge on any atom is 0.302 e. The van der Waals surface area contributed by atoms with E-state index in [0.717, 1.165) is 22.2 Å². The number of rotatable bonds is 6. The van der Waals surface area contributed by atoms with Gasteiger partial charge in [-0.3, -0.25) is 14.5 Å². The van der Waals surface area contributed by atoms with E-state index in [1.54, 1.807) is 49.6 Å². The molecule has 2 heterocycles. The van der Waals surface area contributed by atoms with E-state index in [9.17, 15) is 14.7 Å². The van der Waals surface area contributed by atoms with E-state index < -0.39 is 17.7 Å². The van der Waals surface area contributed by atoms with Crippen LogP contribution in [-0.4, -0.2) is 40.5 Å². The third-order valence-corrected chi connectivity index (χ3v) is 6.94. The minimum atomic E-state index is -0.907. The molecule has 0 spiro atoms. The van der Waals surface area contributed by atoms with Gasteiger partial charge in [-0.1, -0.05) is 12.1 Å². The molecule has 4 aromatic rings. The largest absolute Gasteiger partial charge is 0.507 e. The van der Waals surface area contributed by atoms with Crippen molar-refractivity contribution in [3.05, 3.63) is 88.0 Å². The lowest BCUT2D eigenvalue weighted by Gasteiger charge is -2.23. The number of fused-ring (bicyclic) bond motifs is 1. The average Bonchev–Trinajstić information content (AvgIpc) is 3.42. The number of aromatic nitrogens is 2. The maximum absolute atomic E-state index is 13.5. The van der Waals surface area contributed by atoms with E-state index in [1.807, 2.05) is 39.8 Å². The zero-order chi connectivity index (χ0) is 27.1. The second-order valence-electron chi connectivity index (χ2n) is 9.37. The van der Waals surface area contributed by atoms with E-state index in [-0.39, 0.29) is 17.3 Å². The molecule has 0 radical (unpaired) electrons. The number of aryl methyl sites for hydroxylation is 3. The van der Waals surface area contributed by atoms with Crippen molar-refractivity contribution < 1.29 is 24.2 Å². The number of carbonyl (C=O) groups is 2. The molecule has 1 unspecified atom stereocenters. The van der Waals surface area contributed by atoms with E-state index in [1.165, 1.54) is 4.90 Å². The fourth-order valence-electron chi connectivity index (χ4n) is 4.79. The van der Waals surface area contributed by atoms with Gasteiger partial charge in [0.25, 0.3) is 5.78 Å². The molecular formula is C30H29N3O5. The van der Waals surface area contributed by atoms with E-state index >= 15 is 0 Å². The van der Waals surface area contributed by atoms with Crippen molar-refractivity contribution >= 4 is 34.4 Å². The standard InChI is InChI=1S/C30H29N3O5/c1-6-38-24-12-9-20(13-18(24)4)27(34)25-26(19-7-10-21(37-5)11-8-19)33(29(36)28(25)35)30-31-22-14-16(2)17(3)15-23(22)32-30/h7-15,26,34H,6H2,1-5H3,(H,31,32)/b27-25+. The minimum Gasteiger partial charge on any atom is -0.507 e. The summed E-state index contributed by atoms with van der Waals surface area (Å²) in [6, 6.07) is 15.2. The Balaban J connectivity index is 1.70. The first-order valence-corrected chi connectivity index (χ1v) is 12.4. The van der Waals surface area contributed by atoms with Crippen LogP contribution in [0.4, 0.5) is 5.95 Å². The van der Waals surface area contributed by atoms with Crippen molar-refractivity contribution in [2.75, 3.05) is 18.6 Å². The van der Waals surface area contributed by atoms with Crippen molar-refractivity contribution in [1.29, 1.82) is 0 Å². The van der Waals surface area contributed by atoms with Crippen molar-refractivity contribution in [3.63, 3.8) is 0 Å². The van der Waals surface area contributed by atoms with Gasteiger partial charge in [-0.15, -0.1) is 0 Å². The molecule has 1 aliphatic heterocycles. The molecule has 5 rings (SSSR count). The quantitative estimate of drug-likeness (QED) is 0.201. The topological polar surface area (TPSA) is 105 Å². The number of benzene rings is 3. The van der Waals surface area contributed by atoms with Crippen LogP contribution < -0.4 is 14.4 Å². The highest BCUT2D eigenvalue weighted by Gasteiger charge is 2.48. The van der Waals surface area contributed by atoms with E-state index in [2.05, 4.69) is 9.97 Å². The molecule has 3 aromatic carbocycles.